The summed E-state index contributed by atoms with van der Waals surface area (Å²) >= 11 is 5.97. The summed E-state index contributed by atoms with van der Waals surface area (Å²) in [7, 11) is 0. The number of ether oxygens (including phenoxy) is 1. The molecule has 0 bridgehead atoms. The van der Waals surface area contributed by atoms with Gasteiger partial charge in [0.25, 0.3) is 0 Å². The van der Waals surface area contributed by atoms with Crippen molar-refractivity contribution >= 4 is 17.3 Å². The average Bonchev–Trinajstić information content (AvgIpc) is 2.23. The second kappa shape index (κ2) is 4.68. The summed E-state index contributed by atoms with van der Waals surface area (Å²) < 4.78 is 5.84. The van der Waals surface area contributed by atoms with Gasteiger partial charge in [0.15, 0.2) is 0 Å². The average molecular weight is 248 g/mol. The lowest BCUT2D eigenvalue weighted by molar-refractivity contribution is 0.475. The van der Waals surface area contributed by atoms with Gasteiger partial charge in [-0.2, -0.15) is 0 Å². The maximum Gasteiger partial charge on any atom is 0.133 e. The number of hydrogen-bond donors (Lipinski definition) is 1. The first-order valence-electron chi connectivity index (χ1n) is 5.36. The standard InChI is InChI=1S/C14H14ClNO/c1-9-6-11(15)7-10(2)14(9)17-13-5-3-4-12(16)8-13/h3-8H,16H2,1-2H3. The van der Waals surface area contributed by atoms with E-state index >= 15 is 0 Å². The number of hydrogen-bond acceptors (Lipinski definition) is 2. The molecule has 0 amide bonds. The van der Waals surface area contributed by atoms with Crippen LogP contribution in [0.25, 0.3) is 0 Å². The van der Waals surface area contributed by atoms with Crippen LogP contribution in [0.15, 0.2) is 36.4 Å². The molecule has 2 N–H and O–H groups in total. The first-order chi connectivity index (χ1) is 8.06. The van der Waals surface area contributed by atoms with Crippen molar-refractivity contribution in [2.45, 2.75) is 13.8 Å². The van der Waals surface area contributed by atoms with Crippen molar-refractivity contribution in [1.29, 1.82) is 0 Å². The van der Waals surface area contributed by atoms with Crippen LogP contribution in [0.2, 0.25) is 5.02 Å². The molecule has 2 rings (SSSR count). The van der Waals surface area contributed by atoms with E-state index < -0.39 is 0 Å². The van der Waals surface area contributed by atoms with Crippen molar-refractivity contribution in [1.82, 2.24) is 0 Å². The molecule has 0 saturated heterocycles. The number of anilines is 1. The zero-order valence-electron chi connectivity index (χ0n) is 9.83. The van der Waals surface area contributed by atoms with Crippen molar-refractivity contribution < 1.29 is 4.74 Å². The first kappa shape index (κ1) is 11.8. The normalized spacial score (nSPS) is 10.3. The van der Waals surface area contributed by atoms with Gasteiger partial charge >= 0.3 is 0 Å². The number of nitrogens with two attached hydrogens (primary N) is 1. The third-order valence-electron chi connectivity index (χ3n) is 2.50. The summed E-state index contributed by atoms with van der Waals surface area (Å²) in [6.07, 6.45) is 0. The van der Waals surface area contributed by atoms with Gasteiger partial charge in [0.05, 0.1) is 0 Å². The fraction of sp³-hybridized carbons (Fsp3) is 0.143. The lowest BCUT2D eigenvalue weighted by atomic mass is 10.1. The third-order valence-corrected chi connectivity index (χ3v) is 2.72. The molecule has 2 nitrogen and oxygen atoms in total. The smallest absolute Gasteiger partial charge is 0.133 e. The zero-order chi connectivity index (χ0) is 12.4. The number of benzene rings is 2. The van der Waals surface area contributed by atoms with Gasteiger partial charge in [-0.05, 0) is 49.2 Å². The third kappa shape index (κ3) is 2.71. The van der Waals surface area contributed by atoms with E-state index in [0.717, 1.165) is 27.6 Å². The molecule has 2 aromatic rings. The van der Waals surface area contributed by atoms with Crippen LogP contribution in [0.1, 0.15) is 11.1 Å². The van der Waals surface area contributed by atoms with Crippen molar-refractivity contribution in [3.63, 3.8) is 0 Å². The van der Waals surface area contributed by atoms with Crippen LogP contribution in [0.3, 0.4) is 0 Å². The van der Waals surface area contributed by atoms with Crippen molar-refractivity contribution in [2.24, 2.45) is 0 Å². The van der Waals surface area contributed by atoms with E-state index in [1.54, 1.807) is 6.07 Å². The maximum atomic E-state index is 5.97. The minimum atomic E-state index is 0.687. The highest BCUT2D eigenvalue weighted by Gasteiger charge is 2.07. The molecule has 0 unspecified atom stereocenters. The van der Waals surface area contributed by atoms with Gasteiger partial charge in [-0.25, -0.2) is 0 Å². The highest BCUT2D eigenvalue weighted by Crippen LogP contribution is 2.31. The molecule has 0 saturated carbocycles. The Bertz CT molecular complexity index is 529. The molecule has 0 aromatic heterocycles. The minimum absolute atomic E-state index is 0.687. The fourth-order valence-corrected chi connectivity index (χ4v) is 2.08. The number of nitrogen functional groups attached to an aromatic ring is 1. The highest BCUT2D eigenvalue weighted by atomic mass is 35.5. The summed E-state index contributed by atoms with van der Waals surface area (Å²) in [4.78, 5) is 0. The largest absolute Gasteiger partial charge is 0.457 e. The first-order valence-corrected chi connectivity index (χ1v) is 5.74. The van der Waals surface area contributed by atoms with E-state index in [-0.39, 0.29) is 0 Å². The quantitative estimate of drug-likeness (QED) is 0.802. The Morgan fingerprint density at radius 3 is 2.29 bits per heavy atom. The molecule has 0 radical (unpaired) electrons. The van der Waals surface area contributed by atoms with E-state index in [1.165, 1.54) is 0 Å². The van der Waals surface area contributed by atoms with Gasteiger partial charge in [0.1, 0.15) is 11.5 Å². The van der Waals surface area contributed by atoms with Crippen LogP contribution in [0.5, 0.6) is 11.5 Å². The van der Waals surface area contributed by atoms with Crippen LogP contribution in [0, 0.1) is 13.8 Å². The van der Waals surface area contributed by atoms with Crippen LogP contribution in [0.4, 0.5) is 5.69 Å². The Morgan fingerprint density at radius 2 is 1.71 bits per heavy atom. The summed E-state index contributed by atoms with van der Waals surface area (Å²) in [5.41, 5.74) is 8.42. The molecule has 17 heavy (non-hydrogen) atoms. The van der Waals surface area contributed by atoms with E-state index in [1.807, 2.05) is 44.2 Å². The highest BCUT2D eigenvalue weighted by molar-refractivity contribution is 6.30. The molecule has 2 aromatic carbocycles. The summed E-state index contributed by atoms with van der Waals surface area (Å²) in [6.45, 7) is 3.95. The Morgan fingerprint density at radius 1 is 1.06 bits per heavy atom. The summed E-state index contributed by atoms with van der Waals surface area (Å²) in [5.74, 6) is 1.57. The lowest BCUT2D eigenvalue weighted by Crippen LogP contribution is -1.92. The van der Waals surface area contributed by atoms with Crippen LogP contribution in [-0.2, 0) is 0 Å². The lowest BCUT2D eigenvalue weighted by Gasteiger charge is -2.12. The molecular weight excluding hydrogens is 234 g/mol. The second-order valence-corrected chi connectivity index (χ2v) is 4.48. The number of halogens is 1. The Hall–Kier alpha value is -1.67. The molecule has 0 fully saturated rings. The Kier molecular flexibility index (Phi) is 3.25. The van der Waals surface area contributed by atoms with Gasteiger partial charge in [-0.15, -0.1) is 0 Å². The predicted octanol–water partition coefficient (Wildman–Crippen LogP) is 4.33. The van der Waals surface area contributed by atoms with E-state index in [0.29, 0.717) is 5.69 Å². The minimum Gasteiger partial charge on any atom is -0.457 e. The van der Waals surface area contributed by atoms with E-state index in [4.69, 9.17) is 22.1 Å². The second-order valence-electron chi connectivity index (χ2n) is 4.04. The van der Waals surface area contributed by atoms with Gasteiger partial charge in [-0.3, -0.25) is 0 Å². The van der Waals surface area contributed by atoms with Gasteiger partial charge in [-0.1, -0.05) is 17.7 Å². The number of rotatable bonds is 2. The maximum absolute atomic E-state index is 5.97. The molecule has 0 heterocycles. The molecule has 0 atom stereocenters. The van der Waals surface area contributed by atoms with E-state index in [2.05, 4.69) is 0 Å². The zero-order valence-corrected chi connectivity index (χ0v) is 10.6. The predicted molar refractivity (Wildman–Crippen MR) is 71.9 cm³/mol. The Labute approximate surface area is 106 Å². The van der Waals surface area contributed by atoms with Crippen molar-refractivity contribution in [2.75, 3.05) is 5.73 Å². The van der Waals surface area contributed by atoms with Gasteiger partial charge in [0.2, 0.25) is 0 Å². The van der Waals surface area contributed by atoms with Gasteiger partial charge < -0.3 is 10.5 Å². The SMILES string of the molecule is Cc1cc(Cl)cc(C)c1Oc1cccc(N)c1. The molecular formula is C14H14ClNO. The van der Waals surface area contributed by atoms with Crippen molar-refractivity contribution in [3.8, 4) is 11.5 Å². The van der Waals surface area contributed by atoms with E-state index in [9.17, 15) is 0 Å². The van der Waals surface area contributed by atoms with Gasteiger partial charge in [0, 0.05) is 16.8 Å². The van der Waals surface area contributed by atoms with Crippen LogP contribution in [-0.4, -0.2) is 0 Å². The monoisotopic (exact) mass is 247 g/mol. The summed E-state index contributed by atoms with van der Waals surface area (Å²) in [6, 6.07) is 11.1. The topological polar surface area (TPSA) is 35.2 Å². The van der Waals surface area contributed by atoms with Crippen LogP contribution >= 0.6 is 11.6 Å². The van der Waals surface area contributed by atoms with Crippen molar-refractivity contribution in [3.05, 3.63) is 52.5 Å². The molecule has 0 spiro atoms. The Balaban J connectivity index is 2.36. The van der Waals surface area contributed by atoms with Crippen LogP contribution < -0.4 is 10.5 Å². The summed E-state index contributed by atoms with van der Waals surface area (Å²) in [5, 5.41) is 0.722. The number of aryl methyl sites for hydroxylation is 2. The molecule has 0 aliphatic carbocycles. The molecule has 3 heteroatoms. The molecule has 0 aliphatic rings. The fourth-order valence-electron chi connectivity index (χ4n) is 1.75. The molecule has 88 valence electrons. The molecule has 0 aliphatic heterocycles.